The first-order valence-electron chi connectivity index (χ1n) is 7.40. The van der Waals surface area contributed by atoms with Gasteiger partial charge in [0.25, 0.3) is 0 Å². The smallest absolute Gasteiger partial charge is 0.225 e. The van der Waals surface area contributed by atoms with Gasteiger partial charge in [0, 0.05) is 24.5 Å². The summed E-state index contributed by atoms with van der Waals surface area (Å²) >= 11 is 0. The van der Waals surface area contributed by atoms with Gasteiger partial charge in [0.2, 0.25) is 5.91 Å². The first-order chi connectivity index (χ1) is 8.72. The molecule has 1 heterocycles. The van der Waals surface area contributed by atoms with Gasteiger partial charge in [-0.15, -0.1) is 0 Å². The van der Waals surface area contributed by atoms with Crippen LogP contribution in [0.1, 0.15) is 47.0 Å². The quantitative estimate of drug-likeness (QED) is 0.816. The molecule has 4 nitrogen and oxygen atoms in total. The third-order valence-electron chi connectivity index (χ3n) is 3.81. The molecule has 3 atom stereocenters. The molecule has 0 spiro atoms. The highest BCUT2D eigenvalue weighted by Gasteiger charge is 2.30. The van der Waals surface area contributed by atoms with Gasteiger partial charge >= 0.3 is 0 Å². The zero-order valence-electron chi connectivity index (χ0n) is 13.1. The van der Waals surface area contributed by atoms with Crippen LogP contribution >= 0.6 is 0 Å². The van der Waals surface area contributed by atoms with E-state index in [1.165, 1.54) is 0 Å². The van der Waals surface area contributed by atoms with Crippen molar-refractivity contribution in [3.63, 3.8) is 0 Å². The second-order valence-electron chi connectivity index (χ2n) is 7.04. The number of nitrogens with zero attached hydrogens (tertiary/aromatic N) is 1. The predicted molar refractivity (Wildman–Crippen MR) is 77.9 cm³/mol. The summed E-state index contributed by atoms with van der Waals surface area (Å²) in [4.78, 5) is 14.3. The van der Waals surface area contributed by atoms with Crippen molar-refractivity contribution in [3.05, 3.63) is 0 Å². The number of hydrogen-bond acceptors (Lipinski definition) is 3. The Labute approximate surface area is 117 Å². The average Bonchev–Trinajstić information content (AvgIpc) is 2.26. The van der Waals surface area contributed by atoms with Crippen molar-refractivity contribution in [3.8, 4) is 0 Å². The number of aliphatic hydroxyl groups excluding tert-OH is 1. The number of piperidine rings is 1. The Morgan fingerprint density at radius 1 is 1.42 bits per heavy atom. The molecule has 112 valence electrons. The molecule has 0 aromatic rings. The van der Waals surface area contributed by atoms with Crippen molar-refractivity contribution in [1.29, 1.82) is 0 Å². The Bertz CT molecular complexity index is 299. The minimum atomic E-state index is -0.339. The van der Waals surface area contributed by atoms with E-state index in [1.807, 2.05) is 27.7 Å². The molecule has 1 amide bonds. The van der Waals surface area contributed by atoms with E-state index in [1.54, 1.807) is 0 Å². The Morgan fingerprint density at radius 2 is 2.05 bits per heavy atom. The Hall–Kier alpha value is -0.610. The largest absolute Gasteiger partial charge is 0.393 e. The zero-order chi connectivity index (χ0) is 14.6. The minimum absolute atomic E-state index is 0.114. The molecular weight excluding hydrogens is 240 g/mol. The van der Waals surface area contributed by atoms with Crippen molar-refractivity contribution in [2.45, 2.75) is 59.1 Å². The predicted octanol–water partition coefficient (Wildman–Crippen LogP) is 1.63. The standard InChI is InChI=1S/C15H30N2O2/c1-6-13(18)8-11-7-12(10-17(5)9-11)16-14(19)15(2,3)4/h11-13,18H,6-10H2,1-5H3,(H,16,19). The molecule has 2 N–H and O–H groups in total. The van der Waals surface area contributed by atoms with Gasteiger partial charge in [0.15, 0.2) is 0 Å². The minimum Gasteiger partial charge on any atom is -0.393 e. The van der Waals surface area contributed by atoms with Gasteiger partial charge in [-0.1, -0.05) is 27.7 Å². The fourth-order valence-corrected chi connectivity index (χ4v) is 2.67. The lowest BCUT2D eigenvalue weighted by Crippen LogP contribution is -2.52. The molecule has 1 aliphatic rings. The fourth-order valence-electron chi connectivity index (χ4n) is 2.67. The molecule has 1 rings (SSSR count). The summed E-state index contributed by atoms with van der Waals surface area (Å²) < 4.78 is 0. The number of likely N-dealkylation sites (N-methyl/N-ethyl adjacent to an activating group) is 1. The van der Waals surface area contributed by atoms with Crippen LogP contribution < -0.4 is 5.32 Å². The third kappa shape index (κ3) is 5.49. The lowest BCUT2D eigenvalue weighted by Gasteiger charge is -2.37. The number of nitrogens with one attached hydrogen (secondary N) is 1. The normalized spacial score (nSPS) is 27.1. The summed E-state index contributed by atoms with van der Waals surface area (Å²) in [6, 6.07) is 0.208. The summed E-state index contributed by atoms with van der Waals surface area (Å²) in [7, 11) is 2.08. The maximum absolute atomic E-state index is 12.0. The van der Waals surface area contributed by atoms with Crippen molar-refractivity contribution in [2.75, 3.05) is 20.1 Å². The summed E-state index contributed by atoms with van der Waals surface area (Å²) in [5.74, 6) is 0.585. The summed E-state index contributed by atoms with van der Waals surface area (Å²) in [6.45, 7) is 9.74. The van der Waals surface area contributed by atoms with Gasteiger partial charge in [-0.25, -0.2) is 0 Å². The van der Waals surface area contributed by atoms with E-state index in [-0.39, 0.29) is 23.5 Å². The first-order valence-corrected chi connectivity index (χ1v) is 7.40. The number of carbonyl (C=O) groups excluding carboxylic acids is 1. The second-order valence-corrected chi connectivity index (χ2v) is 7.04. The zero-order valence-corrected chi connectivity index (χ0v) is 13.1. The van der Waals surface area contributed by atoms with Crippen LogP contribution in [0.2, 0.25) is 0 Å². The molecule has 4 heteroatoms. The summed E-state index contributed by atoms with van der Waals surface area (Å²) in [5.41, 5.74) is -0.339. The van der Waals surface area contributed by atoms with E-state index in [2.05, 4.69) is 17.3 Å². The molecule has 1 aliphatic heterocycles. The van der Waals surface area contributed by atoms with Crippen LogP contribution in [0.4, 0.5) is 0 Å². The number of aliphatic hydroxyl groups is 1. The van der Waals surface area contributed by atoms with Gasteiger partial charge in [0.1, 0.15) is 0 Å². The molecule has 19 heavy (non-hydrogen) atoms. The summed E-state index contributed by atoms with van der Waals surface area (Å²) in [6.07, 6.45) is 2.40. The highest BCUT2D eigenvalue weighted by molar-refractivity contribution is 5.81. The van der Waals surface area contributed by atoms with E-state index < -0.39 is 0 Å². The monoisotopic (exact) mass is 270 g/mol. The number of amides is 1. The SMILES string of the molecule is CCC(O)CC1CC(NC(=O)C(C)(C)C)CN(C)C1. The van der Waals surface area contributed by atoms with E-state index in [0.29, 0.717) is 5.92 Å². The highest BCUT2D eigenvalue weighted by atomic mass is 16.3. The lowest BCUT2D eigenvalue weighted by atomic mass is 9.88. The molecule has 0 radical (unpaired) electrons. The van der Waals surface area contributed by atoms with Crippen LogP contribution in [-0.2, 0) is 4.79 Å². The maximum atomic E-state index is 12.0. The molecule has 0 bridgehead atoms. The molecule has 3 unspecified atom stereocenters. The van der Waals surface area contributed by atoms with Gasteiger partial charge < -0.3 is 15.3 Å². The van der Waals surface area contributed by atoms with Crippen LogP contribution in [0.25, 0.3) is 0 Å². The first kappa shape index (κ1) is 16.4. The molecule has 1 saturated heterocycles. The van der Waals surface area contributed by atoms with Gasteiger partial charge in [0.05, 0.1) is 6.10 Å². The maximum Gasteiger partial charge on any atom is 0.225 e. The van der Waals surface area contributed by atoms with Crippen LogP contribution in [0.15, 0.2) is 0 Å². The van der Waals surface area contributed by atoms with E-state index in [4.69, 9.17) is 0 Å². The average molecular weight is 270 g/mol. The van der Waals surface area contributed by atoms with Gasteiger partial charge in [-0.05, 0) is 32.2 Å². The molecular formula is C15H30N2O2. The van der Waals surface area contributed by atoms with Crippen LogP contribution in [-0.4, -0.2) is 48.2 Å². The Balaban J connectivity index is 2.53. The van der Waals surface area contributed by atoms with E-state index in [9.17, 15) is 9.90 Å². The van der Waals surface area contributed by atoms with Crippen molar-refractivity contribution >= 4 is 5.91 Å². The molecule has 0 aromatic carbocycles. The van der Waals surface area contributed by atoms with Crippen molar-refractivity contribution in [1.82, 2.24) is 10.2 Å². The molecule has 1 fully saturated rings. The van der Waals surface area contributed by atoms with E-state index >= 15 is 0 Å². The number of carbonyl (C=O) groups is 1. The number of rotatable bonds is 4. The van der Waals surface area contributed by atoms with Crippen LogP contribution in [0.5, 0.6) is 0 Å². The lowest BCUT2D eigenvalue weighted by molar-refractivity contribution is -0.129. The molecule has 0 saturated carbocycles. The fraction of sp³-hybridized carbons (Fsp3) is 0.933. The molecule has 0 aliphatic carbocycles. The number of hydrogen-bond donors (Lipinski definition) is 2. The topological polar surface area (TPSA) is 52.6 Å². The van der Waals surface area contributed by atoms with Gasteiger partial charge in [-0.2, -0.15) is 0 Å². The van der Waals surface area contributed by atoms with Gasteiger partial charge in [-0.3, -0.25) is 4.79 Å². The third-order valence-corrected chi connectivity index (χ3v) is 3.81. The second kappa shape index (κ2) is 6.71. The summed E-state index contributed by atoms with van der Waals surface area (Å²) in [5, 5.41) is 12.9. The van der Waals surface area contributed by atoms with E-state index in [0.717, 1.165) is 32.4 Å². The van der Waals surface area contributed by atoms with Crippen molar-refractivity contribution < 1.29 is 9.90 Å². The van der Waals surface area contributed by atoms with Crippen LogP contribution in [0.3, 0.4) is 0 Å². The number of likely N-dealkylation sites (tertiary alicyclic amines) is 1. The Kier molecular flexibility index (Phi) is 5.81. The molecule has 0 aromatic heterocycles. The Morgan fingerprint density at radius 3 is 2.58 bits per heavy atom. The highest BCUT2D eigenvalue weighted by Crippen LogP contribution is 2.22. The van der Waals surface area contributed by atoms with Crippen molar-refractivity contribution in [2.24, 2.45) is 11.3 Å². The van der Waals surface area contributed by atoms with Crippen LogP contribution in [0, 0.1) is 11.3 Å².